The van der Waals surface area contributed by atoms with E-state index in [2.05, 4.69) is 15.6 Å². The van der Waals surface area contributed by atoms with Gasteiger partial charge in [-0.3, -0.25) is 4.79 Å². The lowest BCUT2D eigenvalue weighted by Gasteiger charge is -2.20. The van der Waals surface area contributed by atoms with Crippen LogP contribution in [0.2, 0.25) is 0 Å². The van der Waals surface area contributed by atoms with Crippen LogP contribution in [0, 0.1) is 0 Å². The van der Waals surface area contributed by atoms with Gasteiger partial charge in [0.05, 0.1) is 5.25 Å². The summed E-state index contributed by atoms with van der Waals surface area (Å²) in [5.74, 6) is 0.618. The molecule has 2 heterocycles. The SMILES string of the molecule is CCC(Sc1ccccc1)C(=O)Nc1ncc(C2CCNCC2)s1. The third-order valence-corrected chi connectivity index (χ3v) is 6.63. The normalized spacial score (nSPS) is 16.7. The molecule has 3 rings (SSSR count). The highest BCUT2D eigenvalue weighted by atomic mass is 32.2. The van der Waals surface area contributed by atoms with Crippen molar-refractivity contribution in [3.05, 3.63) is 41.4 Å². The average Bonchev–Trinajstić information content (AvgIpc) is 3.09. The van der Waals surface area contributed by atoms with Gasteiger partial charge in [-0.1, -0.05) is 25.1 Å². The molecule has 1 aromatic carbocycles. The number of anilines is 1. The van der Waals surface area contributed by atoms with Crippen LogP contribution in [0.5, 0.6) is 0 Å². The number of aromatic nitrogens is 1. The minimum absolute atomic E-state index is 0.0394. The summed E-state index contributed by atoms with van der Waals surface area (Å²) in [6, 6.07) is 10.1. The Hall–Kier alpha value is -1.37. The molecule has 0 saturated carbocycles. The van der Waals surface area contributed by atoms with Crippen molar-refractivity contribution in [2.45, 2.75) is 42.2 Å². The molecule has 2 N–H and O–H groups in total. The van der Waals surface area contributed by atoms with Crippen LogP contribution >= 0.6 is 23.1 Å². The minimum Gasteiger partial charge on any atom is -0.317 e. The van der Waals surface area contributed by atoms with E-state index in [1.54, 1.807) is 23.1 Å². The smallest absolute Gasteiger partial charge is 0.239 e. The number of rotatable bonds is 6. The summed E-state index contributed by atoms with van der Waals surface area (Å²) in [6.07, 6.45) is 5.02. The monoisotopic (exact) mass is 361 g/mol. The van der Waals surface area contributed by atoms with Crippen molar-refractivity contribution in [2.24, 2.45) is 0 Å². The number of piperidine rings is 1. The number of amides is 1. The first kappa shape index (κ1) is 17.5. The highest BCUT2D eigenvalue weighted by Gasteiger charge is 2.21. The molecule has 1 fully saturated rings. The Morgan fingerprint density at radius 3 is 2.83 bits per heavy atom. The fraction of sp³-hybridized carbons (Fsp3) is 0.444. The Kier molecular flexibility index (Phi) is 6.29. The van der Waals surface area contributed by atoms with Crippen molar-refractivity contribution in [3.63, 3.8) is 0 Å². The molecule has 1 amide bonds. The van der Waals surface area contributed by atoms with Gasteiger partial charge in [0.1, 0.15) is 0 Å². The van der Waals surface area contributed by atoms with E-state index < -0.39 is 0 Å². The molecule has 24 heavy (non-hydrogen) atoms. The van der Waals surface area contributed by atoms with Crippen LogP contribution in [-0.4, -0.2) is 29.2 Å². The zero-order chi connectivity index (χ0) is 16.8. The molecule has 1 saturated heterocycles. The number of thioether (sulfide) groups is 1. The first-order valence-electron chi connectivity index (χ1n) is 8.45. The molecule has 0 radical (unpaired) electrons. The van der Waals surface area contributed by atoms with E-state index in [4.69, 9.17) is 0 Å². The lowest BCUT2D eigenvalue weighted by molar-refractivity contribution is -0.115. The van der Waals surface area contributed by atoms with Crippen LogP contribution in [0.3, 0.4) is 0 Å². The first-order valence-corrected chi connectivity index (χ1v) is 10.1. The van der Waals surface area contributed by atoms with Gasteiger partial charge in [0.15, 0.2) is 5.13 Å². The van der Waals surface area contributed by atoms with E-state index in [9.17, 15) is 4.79 Å². The van der Waals surface area contributed by atoms with Crippen LogP contribution in [0.1, 0.15) is 37.0 Å². The summed E-state index contributed by atoms with van der Waals surface area (Å²) in [4.78, 5) is 19.4. The molecule has 4 nitrogen and oxygen atoms in total. The first-order chi connectivity index (χ1) is 11.8. The van der Waals surface area contributed by atoms with Crippen molar-refractivity contribution in [1.82, 2.24) is 10.3 Å². The third kappa shape index (κ3) is 4.59. The number of nitrogens with one attached hydrogen (secondary N) is 2. The van der Waals surface area contributed by atoms with Gasteiger partial charge >= 0.3 is 0 Å². The summed E-state index contributed by atoms with van der Waals surface area (Å²) < 4.78 is 0. The Bertz CT molecular complexity index is 653. The molecule has 0 spiro atoms. The second-order valence-electron chi connectivity index (χ2n) is 5.91. The molecule has 0 aliphatic carbocycles. The van der Waals surface area contributed by atoms with Crippen molar-refractivity contribution in [1.29, 1.82) is 0 Å². The van der Waals surface area contributed by atoms with Gasteiger partial charge in [0.25, 0.3) is 0 Å². The Labute approximate surface area is 151 Å². The Morgan fingerprint density at radius 1 is 1.38 bits per heavy atom. The second kappa shape index (κ2) is 8.65. The van der Waals surface area contributed by atoms with E-state index in [1.807, 2.05) is 43.5 Å². The van der Waals surface area contributed by atoms with Crippen molar-refractivity contribution in [2.75, 3.05) is 18.4 Å². The van der Waals surface area contributed by atoms with Crippen LogP contribution in [0.4, 0.5) is 5.13 Å². The largest absolute Gasteiger partial charge is 0.317 e. The molecule has 0 bridgehead atoms. The zero-order valence-electron chi connectivity index (χ0n) is 13.8. The molecule has 1 unspecified atom stereocenters. The lowest BCUT2D eigenvalue weighted by atomic mass is 9.97. The average molecular weight is 362 g/mol. The summed E-state index contributed by atoms with van der Waals surface area (Å²) >= 11 is 3.23. The van der Waals surface area contributed by atoms with Gasteiger partial charge in [0, 0.05) is 16.0 Å². The highest BCUT2D eigenvalue weighted by molar-refractivity contribution is 8.00. The number of hydrogen-bond donors (Lipinski definition) is 2. The summed E-state index contributed by atoms with van der Waals surface area (Å²) in [5, 5.41) is 7.01. The Balaban J connectivity index is 1.59. The summed E-state index contributed by atoms with van der Waals surface area (Å²) in [5.41, 5.74) is 0. The second-order valence-corrected chi connectivity index (χ2v) is 8.25. The summed E-state index contributed by atoms with van der Waals surface area (Å²) in [6.45, 7) is 4.17. The van der Waals surface area contributed by atoms with Crippen LogP contribution in [0.25, 0.3) is 0 Å². The predicted octanol–water partition coefficient (Wildman–Crippen LogP) is 4.12. The number of carbonyl (C=O) groups is 1. The third-order valence-electron chi connectivity index (χ3n) is 4.18. The van der Waals surface area contributed by atoms with E-state index in [-0.39, 0.29) is 11.2 Å². The molecule has 1 aromatic heterocycles. The van der Waals surface area contributed by atoms with Gasteiger partial charge in [-0.05, 0) is 50.4 Å². The van der Waals surface area contributed by atoms with Crippen LogP contribution < -0.4 is 10.6 Å². The maximum atomic E-state index is 12.6. The quantitative estimate of drug-likeness (QED) is 0.760. The highest BCUT2D eigenvalue weighted by Crippen LogP contribution is 2.32. The standard InChI is InChI=1S/C18H23N3OS2/c1-2-15(23-14-6-4-3-5-7-14)17(22)21-18-20-12-16(24-18)13-8-10-19-11-9-13/h3-7,12-13,15,19H,2,8-11H2,1H3,(H,20,21,22). The van der Waals surface area contributed by atoms with Crippen LogP contribution in [-0.2, 0) is 4.79 Å². The molecular formula is C18H23N3OS2. The number of benzene rings is 1. The lowest BCUT2D eigenvalue weighted by Crippen LogP contribution is -2.26. The fourth-order valence-electron chi connectivity index (χ4n) is 2.81. The van der Waals surface area contributed by atoms with Gasteiger partial charge < -0.3 is 10.6 Å². The maximum absolute atomic E-state index is 12.6. The molecule has 1 aliphatic heterocycles. The van der Waals surface area contributed by atoms with E-state index in [0.29, 0.717) is 5.92 Å². The van der Waals surface area contributed by atoms with E-state index in [1.165, 1.54) is 4.88 Å². The van der Waals surface area contributed by atoms with Gasteiger partial charge in [-0.15, -0.1) is 23.1 Å². The van der Waals surface area contributed by atoms with Gasteiger partial charge in [-0.2, -0.15) is 0 Å². The topological polar surface area (TPSA) is 54.0 Å². The maximum Gasteiger partial charge on any atom is 0.239 e. The van der Waals surface area contributed by atoms with Crippen molar-refractivity contribution < 1.29 is 4.79 Å². The number of nitrogens with zero attached hydrogens (tertiary/aromatic N) is 1. The number of carbonyl (C=O) groups excluding carboxylic acids is 1. The summed E-state index contributed by atoms with van der Waals surface area (Å²) in [7, 11) is 0. The predicted molar refractivity (Wildman–Crippen MR) is 102 cm³/mol. The number of thiazole rings is 1. The zero-order valence-corrected chi connectivity index (χ0v) is 15.5. The van der Waals surface area contributed by atoms with Gasteiger partial charge in [0.2, 0.25) is 5.91 Å². The van der Waals surface area contributed by atoms with E-state index in [0.717, 1.165) is 42.4 Å². The van der Waals surface area contributed by atoms with Gasteiger partial charge in [-0.25, -0.2) is 4.98 Å². The molecule has 2 aromatic rings. The molecular weight excluding hydrogens is 338 g/mol. The fourth-order valence-corrected chi connectivity index (χ4v) is 4.77. The van der Waals surface area contributed by atoms with Crippen molar-refractivity contribution in [3.8, 4) is 0 Å². The minimum atomic E-state index is -0.0985. The molecule has 1 aliphatic rings. The Morgan fingerprint density at radius 2 is 2.12 bits per heavy atom. The molecule has 128 valence electrons. The molecule has 1 atom stereocenters. The van der Waals surface area contributed by atoms with Crippen molar-refractivity contribution >= 4 is 34.1 Å². The van der Waals surface area contributed by atoms with Crippen LogP contribution in [0.15, 0.2) is 41.4 Å². The number of hydrogen-bond acceptors (Lipinski definition) is 5. The molecule has 6 heteroatoms. The van der Waals surface area contributed by atoms with E-state index >= 15 is 0 Å².